The Morgan fingerprint density at radius 2 is 2.11 bits per heavy atom. The SMILES string of the molecule is CC(C)C1(C(=O)O)CCN(CCC(=O)NC2CC2)C1. The van der Waals surface area contributed by atoms with Gasteiger partial charge in [0, 0.05) is 25.6 Å². The van der Waals surface area contributed by atoms with Crippen molar-refractivity contribution in [2.24, 2.45) is 11.3 Å². The van der Waals surface area contributed by atoms with Crippen LogP contribution in [-0.2, 0) is 9.59 Å². The molecule has 1 aliphatic carbocycles. The molecular weight excluding hydrogens is 244 g/mol. The molecule has 1 saturated carbocycles. The fourth-order valence-corrected chi connectivity index (χ4v) is 2.79. The largest absolute Gasteiger partial charge is 0.481 e. The number of hydrogen-bond donors (Lipinski definition) is 2. The lowest BCUT2D eigenvalue weighted by molar-refractivity contribution is -0.151. The van der Waals surface area contributed by atoms with Gasteiger partial charge >= 0.3 is 5.97 Å². The number of carboxylic acids is 1. The minimum absolute atomic E-state index is 0.0971. The van der Waals surface area contributed by atoms with Gasteiger partial charge in [-0.15, -0.1) is 0 Å². The number of nitrogens with zero attached hydrogens (tertiary/aromatic N) is 1. The van der Waals surface area contributed by atoms with Crippen LogP contribution in [0.3, 0.4) is 0 Å². The van der Waals surface area contributed by atoms with Gasteiger partial charge in [-0.25, -0.2) is 0 Å². The van der Waals surface area contributed by atoms with Crippen LogP contribution in [0.15, 0.2) is 0 Å². The van der Waals surface area contributed by atoms with Crippen LogP contribution in [0, 0.1) is 11.3 Å². The van der Waals surface area contributed by atoms with E-state index in [2.05, 4.69) is 10.2 Å². The lowest BCUT2D eigenvalue weighted by atomic mass is 9.76. The van der Waals surface area contributed by atoms with Gasteiger partial charge in [-0.05, 0) is 31.7 Å². The lowest BCUT2D eigenvalue weighted by Gasteiger charge is -2.28. The predicted octanol–water partition coefficient (Wildman–Crippen LogP) is 1.09. The van der Waals surface area contributed by atoms with Crippen LogP contribution >= 0.6 is 0 Å². The molecule has 2 N–H and O–H groups in total. The molecular formula is C14H24N2O3. The van der Waals surface area contributed by atoms with Crippen LogP contribution in [0.5, 0.6) is 0 Å². The van der Waals surface area contributed by atoms with Crippen molar-refractivity contribution in [1.82, 2.24) is 10.2 Å². The molecule has 1 amide bonds. The molecule has 0 aromatic carbocycles. The van der Waals surface area contributed by atoms with E-state index in [1.807, 2.05) is 13.8 Å². The van der Waals surface area contributed by atoms with E-state index >= 15 is 0 Å². The summed E-state index contributed by atoms with van der Waals surface area (Å²) in [7, 11) is 0. The van der Waals surface area contributed by atoms with Crippen LogP contribution in [0.1, 0.15) is 39.5 Å². The highest BCUT2D eigenvalue weighted by atomic mass is 16.4. The number of aliphatic carboxylic acids is 1. The van der Waals surface area contributed by atoms with Crippen LogP contribution in [0.4, 0.5) is 0 Å². The average molecular weight is 268 g/mol. The molecule has 0 aromatic heterocycles. The minimum atomic E-state index is -0.701. The van der Waals surface area contributed by atoms with Gasteiger partial charge in [-0.1, -0.05) is 13.8 Å². The van der Waals surface area contributed by atoms with Gasteiger partial charge in [-0.3, -0.25) is 9.59 Å². The Labute approximate surface area is 114 Å². The first-order valence-electron chi connectivity index (χ1n) is 7.19. The molecule has 5 nitrogen and oxygen atoms in total. The smallest absolute Gasteiger partial charge is 0.311 e. The molecule has 2 fully saturated rings. The number of rotatable bonds is 6. The van der Waals surface area contributed by atoms with Crippen LogP contribution in [0.25, 0.3) is 0 Å². The Kier molecular flexibility index (Phi) is 4.13. The predicted molar refractivity (Wildman–Crippen MR) is 71.7 cm³/mol. The van der Waals surface area contributed by atoms with Crippen molar-refractivity contribution in [3.8, 4) is 0 Å². The number of nitrogens with one attached hydrogen (secondary N) is 1. The maximum Gasteiger partial charge on any atom is 0.311 e. The molecule has 2 rings (SSSR count). The van der Waals surface area contributed by atoms with Crippen molar-refractivity contribution in [3.63, 3.8) is 0 Å². The minimum Gasteiger partial charge on any atom is -0.481 e. The van der Waals surface area contributed by atoms with Gasteiger partial charge in [-0.2, -0.15) is 0 Å². The van der Waals surface area contributed by atoms with E-state index in [-0.39, 0.29) is 11.8 Å². The van der Waals surface area contributed by atoms with Crippen LogP contribution in [0.2, 0.25) is 0 Å². The fourth-order valence-electron chi connectivity index (χ4n) is 2.79. The van der Waals surface area contributed by atoms with Crippen molar-refractivity contribution in [2.75, 3.05) is 19.6 Å². The average Bonchev–Trinajstić information content (AvgIpc) is 3.03. The topological polar surface area (TPSA) is 69.6 Å². The summed E-state index contributed by atoms with van der Waals surface area (Å²) in [6, 6.07) is 0.403. The van der Waals surface area contributed by atoms with Gasteiger partial charge < -0.3 is 15.3 Å². The Morgan fingerprint density at radius 3 is 2.58 bits per heavy atom. The molecule has 0 radical (unpaired) electrons. The highest BCUT2D eigenvalue weighted by Gasteiger charge is 2.47. The van der Waals surface area contributed by atoms with Crippen molar-refractivity contribution >= 4 is 11.9 Å². The molecule has 1 unspecified atom stereocenters. The summed E-state index contributed by atoms with van der Waals surface area (Å²) in [4.78, 5) is 25.2. The van der Waals surface area contributed by atoms with Gasteiger partial charge in [0.2, 0.25) is 5.91 Å². The van der Waals surface area contributed by atoms with E-state index in [1.54, 1.807) is 0 Å². The van der Waals surface area contributed by atoms with E-state index < -0.39 is 11.4 Å². The molecule has 19 heavy (non-hydrogen) atoms. The molecule has 2 aliphatic rings. The van der Waals surface area contributed by atoms with Crippen molar-refractivity contribution in [2.45, 2.75) is 45.6 Å². The molecule has 108 valence electrons. The second-order valence-corrected chi connectivity index (χ2v) is 6.23. The van der Waals surface area contributed by atoms with Gasteiger partial charge in [0.1, 0.15) is 0 Å². The molecule has 1 saturated heterocycles. The third-order valence-corrected chi connectivity index (χ3v) is 4.51. The molecule has 5 heteroatoms. The summed E-state index contributed by atoms with van der Waals surface area (Å²) in [6.45, 7) is 5.95. The Hall–Kier alpha value is -1.10. The van der Waals surface area contributed by atoms with Gasteiger partial charge in [0.05, 0.1) is 5.41 Å². The Bertz CT molecular complexity index is 366. The lowest BCUT2D eigenvalue weighted by Crippen LogP contribution is -2.40. The molecule has 0 aromatic rings. The number of carboxylic acid groups (broad SMARTS) is 1. The van der Waals surface area contributed by atoms with Gasteiger partial charge in [0.15, 0.2) is 0 Å². The first-order chi connectivity index (χ1) is 8.94. The first kappa shape index (κ1) is 14.3. The third-order valence-electron chi connectivity index (χ3n) is 4.51. The van der Waals surface area contributed by atoms with Gasteiger partial charge in [0.25, 0.3) is 0 Å². The summed E-state index contributed by atoms with van der Waals surface area (Å²) >= 11 is 0. The van der Waals surface area contributed by atoms with Crippen molar-refractivity contribution in [1.29, 1.82) is 0 Å². The number of amides is 1. The second-order valence-electron chi connectivity index (χ2n) is 6.23. The van der Waals surface area contributed by atoms with E-state index in [1.165, 1.54) is 0 Å². The molecule has 1 aliphatic heterocycles. The molecule has 1 heterocycles. The van der Waals surface area contributed by atoms with Crippen LogP contribution in [-0.4, -0.2) is 47.6 Å². The van der Waals surface area contributed by atoms with E-state index in [0.29, 0.717) is 32.0 Å². The summed E-state index contributed by atoms with van der Waals surface area (Å²) in [5, 5.41) is 12.4. The molecule has 1 atom stereocenters. The zero-order chi connectivity index (χ0) is 14.0. The number of likely N-dealkylation sites (tertiary alicyclic amines) is 1. The van der Waals surface area contributed by atoms with E-state index in [9.17, 15) is 14.7 Å². The van der Waals surface area contributed by atoms with Crippen molar-refractivity contribution in [3.05, 3.63) is 0 Å². The summed E-state index contributed by atoms with van der Waals surface area (Å²) in [6.07, 6.45) is 3.37. The van der Waals surface area contributed by atoms with E-state index in [4.69, 9.17) is 0 Å². The highest BCUT2D eigenvalue weighted by molar-refractivity contribution is 5.77. The zero-order valence-corrected chi connectivity index (χ0v) is 11.8. The summed E-state index contributed by atoms with van der Waals surface area (Å²) in [5.74, 6) is -0.484. The normalized spacial score (nSPS) is 27.7. The molecule has 0 bridgehead atoms. The van der Waals surface area contributed by atoms with Crippen molar-refractivity contribution < 1.29 is 14.7 Å². The Morgan fingerprint density at radius 1 is 1.42 bits per heavy atom. The van der Waals surface area contributed by atoms with Crippen LogP contribution < -0.4 is 5.32 Å². The number of carbonyl (C=O) groups is 2. The highest BCUT2D eigenvalue weighted by Crippen LogP contribution is 2.38. The maximum absolute atomic E-state index is 11.6. The van der Waals surface area contributed by atoms with E-state index in [0.717, 1.165) is 19.4 Å². The monoisotopic (exact) mass is 268 g/mol. The second kappa shape index (κ2) is 5.49. The zero-order valence-electron chi connectivity index (χ0n) is 11.8. The standard InChI is InChI=1S/C14H24N2O3/c1-10(2)14(13(18)19)6-8-16(9-14)7-5-12(17)15-11-3-4-11/h10-11H,3-9H2,1-2H3,(H,15,17)(H,18,19). The molecule has 0 spiro atoms. The first-order valence-corrected chi connectivity index (χ1v) is 7.19. The Balaban J connectivity index is 1.80. The number of carbonyl (C=O) groups excluding carboxylic acids is 1. The third kappa shape index (κ3) is 3.26. The number of hydrogen-bond acceptors (Lipinski definition) is 3. The summed E-state index contributed by atoms with van der Waals surface area (Å²) in [5.41, 5.74) is -0.632. The quantitative estimate of drug-likeness (QED) is 0.756. The summed E-state index contributed by atoms with van der Waals surface area (Å²) < 4.78 is 0. The maximum atomic E-state index is 11.6. The fraction of sp³-hybridized carbons (Fsp3) is 0.857.